The fraction of sp³-hybridized carbons (Fsp3) is 0.533. The summed E-state index contributed by atoms with van der Waals surface area (Å²) < 4.78 is 5.27. The highest BCUT2D eigenvalue weighted by Gasteiger charge is 2.15. The van der Waals surface area contributed by atoms with Crippen LogP contribution >= 0.6 is 0 Å². The van der Waals surface area contributed by atoms with Gasteiger partial charge in [-0.2, -0.15) is 0 Å². The fourth-order valence-electron chi connectivity index (χ4n) is 1.81. The highest BCUT2D eigenvalue weighted by atomic mass is 16.5. The van der Waals surface area contributed by atoms with Gasteiger partial charge in [0.1, 0.15) is 0 Å². The molecule has 1 aromatic rings. The molecule has 1 aromatic carbocycles. The quantitative estimate of drug-likeness (QED) is 0.504. The molecule has 0 atom stereocenters. The maximum Gasteiger partial charge on any atom is 0.340 e. The third kappa shape index (κ3) is 4.40. The first-order chi connectivity index (χ1) is 8.31. The number of hydrogen-bond donors (Lipinski definition) is 1. The monoisotopic (exact) mass is 249 g/mol. The third-order valence-corrected chi connectivity index (χ3v) is 2.81. The summed E-state index contributed by atoms with van der Waals surface area (Å²) in [5.74, 6) is -0.320. The Morgan fingerprint density at radius 3 is 2.56 bits per heavy atom. The summed E-state index contributed by atoms with van der Waals surface area (Å²) in [5.41, 5.74) is 7.90. The van der Waals surface area contributed by atoms with Crippen LogP contribution in [0.3, 0.4) is 0 Å². The SMILES string of the molecule is Cc1cccc(N)c1C(=O)OCCCC(C)(C)C. The van der Waals surface area contributed by atoms with Crippen LogP contribution in [0.1, 0.15) is 49.5 Å². The van der Waals surface area contributed by atoms with Crippen molar-refractivity contribution in [2.45, 2.75) is 40.5 Å². The average Bonchev–Trinajstić information content (AvgIpc) is 2.23. The molecule has 0 aromatic heterocycles. The van der Waals surface area contributed by atoms with Gasteiger partial charge in [0.2, 0.25) is 0 Å². The van der Waals surface area contributed by atoms with Crippen LogP contribution in [0.2, 0.25) is 0 Å². The van der Waals surface area contributed by atoms with Crippen molar-refractivity contribution in [2.24, 2.45) is 5.41 Å². The van der Waals surface area contributed by atoms with E-state index in [1.54, 1.807) is 6.07 Å². The smallest absolute Gasteiger partial charge is 0.340 e. The predicted octanol–water partition coefficient (Wildman–Crippen LogP) is 3.56. The predicted molar refractivity (Wildman–Crippen MR) is 74.6 cm³/mol. The zero-order valence-electron chi connectivity index (χ0n) is 11.7. The maximum atomic E-state index is 11.9. The Hall–Kier alpha value is -1.51. The van der Waals surface area contributed by atoms with Crippen molar-refractivity contribution < 1.29 is 9.53 Å². The summed E-state index contributed by atoms with van der Waals surface area (Å²) in [6, 6.07) is 5.42. The number of carbonyl (C=O) groups is 1. The zero-order valence-corrected chi connectivity index (χ0v) is 11.7. The Morgan fingerprint density at radius 1 is 1.33 bits per heavy atom. The molecular formula is C15H23NO2. The van der Waals surface area contributed by atoms with Gasteiger partial charge >= 0.3 is 5.97 Å². The van der Waals surface area contributed by atoms with Gasteiger partial charge < -0.3 is 10.5 Å². The van der Waals surface area contributed by atoms with Gasteiger partial charge in [-0.15, -0.1) is 0 Å². The number of nitrogens with two attached hydrogens (primary N) is 1. The highest BCUT2D eigenvalue weighted by molar-refractivity contribution is 5.96. The molecular weight excluding hydrogens is 226 g/mol. The molecule has 0 spiro atoms. The molecule has 0 bridgehead atoms. The largest absolute Gasteiger partial charge is 0.462 e. The lowest BCUT2D eigenvalue weighted by Crippen LogP contribution is -2.13. The molecule has 0 saturated heterocycles. The molecule has 0 aliphatic heterocycles. The van der Waals surface area contributed by atoms with E-state index >= 15 is 0 Å². The van der Waals surface area contributed by atoms with Crippen molar-refractivity contribution in [1.29, 1.82) is 0 Å². The number of benzene rings is 1. The fourth-order valence-corrected chi connectivity index (χ4v) is 1.81. The van der Waals surface area contributed by atoms with Gasteiger partial charge in [0, 0.05) is 5.69 Å². The van der Waals surface area contributed by atoms with Crippen LogP contribution in [0.4, 0.5) is 5.69 Å². The number of ether oxygens (including phenoxy) is 1. The number of esters is 1. The van der Waals surface area contributed by atoms with Gasteiger partial charge in [-0.25, -0.2) is 4.79 Å². The van der Waals surface area contributed by atoms with Crippen molar-refractivity contribution in [2.75, 3.05) is 12.3 Å². The van der Waals surface area contributed by atoms with Gasteiger partial charge in [0.15, 0.2) is 0 Å². The minimum absolute atomic E-state index is 0.272. The van der Waals surface area contributed by atoms with Crippen molar-refractivity contribution >= 4 is 11.7 Å². The Balaban J connectivity index is 2.51. The van der Waals surface area contributed by atoms with Crippen LogP contribution in [-0.4, -0.2) is 12.6 Å². The number of rotatable bonds is 4. The van der Waals surface area contributed by atoms with Crippen LogP contribution in [0.25, 0.3) is 0 Å². The Kier molecular flexibility index (Phi) is 4.76. The van der Waals surface area contributed by atoms with Crippen LogP contribution in [0.5, 0.6) is 0 Å². The summed E-state index contributed by atoms with van der Waals surface area (Å²) >= 11 is 0. The summed E-state index contributed by atoms with van der Waals surface area (Å²) in [6.07, 6.45) is 1.91. The molecule has 0 heterocycles. The molecule has 2 N–H and O–H groups in total. The van der Waals surface area contributed by atoms with Crippen LogP contribution in [0.15, 0.2) is 18.2 Å². The van der Waals surface area contributed by atoms with Crippen LogP contribution in [-0.2, 0) is 4.74 Å². The Morgan fingerprint density at radius 2 is 2.00 bits per heavy atom. The van der Waals surface area contributed by atoms with E-state index in [1.165, 1.54) is 0 Å². The van der Waals surface area contributed by atoms with Crippen LogP contribution < -0.4 is 5.73 Å². The van der Waals surface area contributed by atoms with Crippen molar-refractivity contribution in [3.05, 3.63) is 29.3 Å². The van der Waals surface area contributed by atoms with Gasteiger partial charge in [0.25, 0.3) is 0 Å². The molecule has 0 saturated carbocycles. The molecule has 0 aliphatic rings. The molecule has 0 amide bonds. The van der Waals surface area contributed by atoms with Gasteiger partial charge in [0.05, 0.1) is 12.2 Å². The van der Waals surface area contributed by atoms with E-state index in [1.807, 2.05) is 19.1 Å². The molecule has 0 fully saturated rings. The lowest BCUT2D eigenvalue weighted by atomic mass is 9.91. The lowest BCUT2D eigenvalue weighted by molar-refractivity contribution is 0.0488. The molecule has 3 heteroatoms. The average molecular weight is 249 g/mol. The standard InChI is InChI=1S/C15H23NO2/c1-11-7-5-8-12(16)13(11)14(17)18-10-6-9-15(2,3)4/h5,7-8H,6,9-10,16H2,1-4H3. The number of nitrogen functional groups attached to an aromatic ring is 1. The molecule has 1 rings (SSSR count). The minimum atomic E-state index is -0.320. The van der Waals surface area contributed by atoms with E-state index in [2.05, 4.69) is 20.8 Å². The summed E-state index contributed by atoms with van der Waals surface area (Å²) in [7, 11) is 0. The van der Waals surface area contributed by atoms with E-state index in [4.69, 9.17) is 10.5 Å². The number of aryl methyl sites for hydroxylation is 1. The molecule has 100 valence electrons. The van der Waals surface area contributed by atoms with E-state index in [0.717, 1.165) is 18.4 Å². The van der Waals surface area contributed by atoms with Crippen LogP contribution in [0, 0.1) is 12.3 Å². The van der Waals surface area contributed by atoms with Crippen molar-refractivity contribution in [3.8, 4) is 0 Å². The maximum absolute atomic E-state index is 11.9. The van der Waals surface area contributed by atoms with Crippen molar-refractivity contribution in [3.63, 3.8) is 0 Å². The number of carbonyl (C=O) groups excluding carboxylic acids is 1. The topological polar surface area (TPSA) is 52.3 Å². The van der Waals surface area contributed by atoms with Crippen molar-refractivity contribution in [1.82, 2.24) is 0 Å². The normalized spacial score (nSPS) is 11.3. The van der Waals surface area contributed by atoms with Gasteiger partial charge in [-0.3, -0.25) is 0 Å². The summed E-state index contributed by atoms with van der Waals surface area (Å²) in [6.45, 7) is 8.84. The Bertz CT molecular complexity index is 399. The highest BCUT2D eigenvalue weighted by Crippen LogP contribution is 2.21. The molecule has 3 nitrogen and oxygen atoms in total. The second kappa shape index (κ2) is 5.89. The zero-order chi connectivity index (χ0) is 13.8. The second-order valence-electron chi connectivity index (χ2n) is 5.84. The first kappa shape index (κ1) is 14.6. The van der Waals surface area contributed by atoms with Gasteiger partial charge in [-0.1, -0.05) is 32.9 Å². The van der Waals surface area contributed by atoms with E-state index < -0.39 is 0 Å². The Labute approximate surface area is 109 Å². The second-order valence-corrected chi connectivity index (χ2v) is 5.84. The first-order valence-electron chi connectivity index (χ1n) is 6.33. The molecule has 0 aliphatic carbocycles. The number of hydrogen-bond acceptors (Lipinski definition) is 3. The molecule has 0 unspecified atom stereocenters. The van der Waals surface area contributed by atoms with E-state index in [-0.39, 0.29) is 11.4 Å². The van der Waals surface area contributed by atoms with E-state index in [0.29, 0.717) is 17.9 Å². The summed E-state index contributed by atoms with van der Waals surface area (Å²) in [5, 5.41) is 0. The lowest BCUT2D eigenvalue weighted by Gasteiger charge is -2.17. The first-order valence-corrected chi connectivity index (χ1v) is 6.33. The summed E-state index contributed by atoms with van der Waals surface area (Å²) in [4.78, 5) is 11.9. The minimum Gasteiger partial charge on any atom is -0.462 e. The number of anilines is 1. The van der Waals surface area contributed by atoms with E-state index in [9.17, 15) is 4.79 Å². The molecule has 18 heavy (non-hydrogen) atoms. The van der Waals surface area contributed by atoms with Gasteiger partial charge in [-0.05, 0) is 36.8 Å². The molecule has 0 radical (unpaired) electrons. The third-order valence-electron chi connectivity index (χ3n) is 2.81.